The Hall–Kier alpha value is -3.55. The summed E-state index contributed by atoms with van der Waals surface area (Å²) in [5.41, 5.74) is 0.608. The third kappa shape index (κ3) is 4.25. The second kappa shape index (κ2) is 8.77. The first-order valence-corrected chi connectivity index (χ1v) is 11.2. The molecule has 1 saturated carbocycles. The zero-order valence-electron chi connectivity index (χ0n) is 18.8. The van der Waals surface area contributed by atoms with Gasteiger partial charge in [0, 0.05) is 12.1 Å². The van der Waals surface area contributed by atoms with Gasteiger partial charge in [0.25, 0.3) is 17.5 Å². The molecule has 2 aromatic rings. The van der Waals surface area contributed by atoms with Gasteiger partial charge in [0.15, 0.2) is 0 Å². The standard InChI is InChI=1S/C25H26N2O6/c1-14(2)19-10-4-15(3)12-22(19)33-25(30)16-5-11-20-21(13-16)24(29)26(23(20)28)17-6-8-18(9-7-17)27(31)32/h5-9,11,13-15,19,22H,4,10,12H2,1-3H3/t15-,19-,22+/m0/s1. The number of ether oxygens (including phenoxy) is 1. The summed E-state index contributed by atoms with van der Waals surface area (Å²) in [6.45, 7) is 6.42. The Labute approximate surface area is 191 Å². The van der Waals surface area contributed by atoms with E-state index in [1.807, 2.05) is 0 Å². The quantitative estimate of drug-likeness (QED) is 0.274. The minimum atomic E-state index is -0.579. The van der Waals surface area contributed by atoms with Gasteiger partial charge in [0.05, 0.1) is 27.3 Å². The van der Waals surface area contributed by atoms with E-state index in [-0.39, 0.29) is 34.2 Å². The van der Waals surface area contributed by atoms with Crippen LogP contribution in [0, 0.1) is 27.9 Å². The maximum Gasteiger partial charge on any atom is 0.338 e. The smallest absolute Gasteiger partial charge is 0.338 e. The first-order valence-electron chi connectivity index (χ1n) is 11.2. The van der Waals surface area contributed by atoms with Crippen LogP contribution in [0.1, 0.15) is 71.1 Å². The van der Waals surface area contributed by atoms with E-state index in [1.165, 1.54) is 42.5 Å². The predicted molar refractivity (Wildman–Crippen MR) is 121 cm³/mol. The number of benzene rings is 2. The summed E-state index contributed by atoms with van der Waals surface area (Å²) >= 11 is 0. The number of hydrogen-bond acceptors (Lipinski definition) is 6. The number of rotatable bonds is 5. The Morgan fingerprint density at radius 3 is 2.36 bits per heavy atom. The highest BCUT2D eigenvalue weighted by Gasteiger charge is 2.38. The number of imide groups is 1. The van der Waals surface area contributed by atoms with Crippen LogP contribution in [0.15, 0.2) is 42.5 Å². The number of fused-ring (bicyclic) bond motifs is 1. The van der Waals surface area contributed by atoms with Crippen molar-refractivity contribution in [3.63, 3.8) is 0 Å². The molecule has 0 N–H and O–H groups in total. The Morgan fingerprint density at radius 1 is 1.06 bits per heavy atom. The molecular weight excluding hydrogens is 424 g/mol. The van der Waals surface area contributed by atoms with Crippen molar-refractivity contribution in [2.45, 2.75) is 46.1 Å². The number of nitro groups is 1. The molecule has 0 aromatic heterocycles. The zero-order chi connectivity index (χ0) is 23.9. The molecule has 2 amide bonds. The lowest BCUT2D eigenvalue weighted by atomic mass is 9.75. The molecule has 1 aliphatic carbocycles. The first kappa shape index (κ1) is 22.6. The minimum Gasteiger partial charge on any atom is -0.458 e. The number of carbonyl (C=O) groups is 3. The molecule has 0 spiro atoms. The topological polar surface area (TPSA) is 107 Å². The normalized spacial score (nSPS) is 22.4. The van der Waals surface area contributed by atoms with E-state index in [1.54, 1.807) is 0 Å². The molecule has 33 heavy (non-hydrogen) atoms. The highest BCUT2D eigenvalue weighted by Crippen LogP contribution is 2.36. The van der Waals surface area contributed by atoms with Crippen LogP contribution in [0.5, 0.6) is 0 Å². The molecular formula is C25H26N2O6. The zero-order valence-corrected chi connectivity index (χ0v) is 18.8. The van der Waals surface area contributed by atoms with Crippen LogP contribution in [0.4, 0.5) is 11.4 Å². The lowest BCUT2D eigenvalue weighted by Gasteiger charge is -2.36. The minimum absolute atomic E-state index is 0.116. The van der Waals surface area contributed by atoms with Crippen molar-refractivity contribution in [1.82, 2.24) is 0 Å². The molecule has 172 valence electrons. The van der Waals surface area contributed by atoms with Gasteiger partial charge in [-0.2, -0.15) is 0 Å². The average Bonchev–Trinajstić information content (AvgIpc) is 3.03. The van der Waals surface area contributed by atoms with Gasteiger partial charge in [0.1, 0.15) is 6.10 Å². The first-order chi connectivity index (χ1) is 15.7. The maximum atomic E-state index is 13.0. The monoisotopic (exact) mass is 450 g/mol. The second-order valence-corrected chi connectivity index (χ2v) is 9.25. The average molecular weight is 450 g/mol. The molecule has 8 heteroatoms. The van der Waals surface area contributed by atoms with Crippen LogP contribution >= 0.6 is 0 Å². The molecule has 0 saturated heterocycles. The number of nitrogens with zero attached hydrogens (tertiary/aromatic N) is 2. The Balaban J connectivity index is 1.56. The number of amides is 2. The summed E-state index contributed by atoms with van der Waals surface area (Å²) in [7, 11) is 0. The molecule has 1 heterocycles. The summed E-state index contributed by atoms with van der Waals surface area (Å²) < 4.78 is 5.88. The third-order valence-corrected chi connectivity index (χ3v) is 6.66. The summed E-state index contributed by atoms with van der Waals surface area (Å²) in [4.78, 5) is 50.0. The van der Waals surface area contributed by atoms with Gasteiger partial charge >= 0.3 is 5.97 Å². The summed E-state index contributed by atoms with van der Waals surface area (Å²) in [5, 5.41) is 10.9. The lowest BCUT2D eigenvalue weighted by Crippen LogP contribution is -2.35. The molecule has 0 bridgehead atoms. The van der Waals surface area contributed by atoms with Gasteiger partial charge in [-0.3, -0.25) is 19.7 Å². The van der Waals surface area contributed by atoms with Crippen molar-refractivity contribution in [3.8, 4) is 0 Å². The van der Waals surface area contributed by atoms with Crippen LogP contribution in [-0.4, -0.2) is 28.8 Å². The summed E-state index contributed by atoms with van der Waals surface area (Å²) in [5.74, 6) is -0.455. The Bertz CT molecular complexity index is 1120. The van der Waals surface area contributed by atoms with Crippen molar-refractivity contribution in [3.05, 3.63) is 69.3 Å². The van der Waals surface area contributed by atoms with E-state index in [9.17, 15) is 24.5 Å². The lowest BCUT2D eigenvalue weighted by molar-refractivity contribution is -0.384. The van der Waals surface area contributed by atoms with Crippen molar-refractivity contribution >= 4 is 29.2 Å². The number of non-ortho nitro benzene ring substituents is 1. The Morgan fingerprint density at radius 2 is 1.73 bits per heavy atom. The third-order valence-electron chi connectivity index (χ3n) is 6.66. The van der Waals surface area contributed by atoms with Gasteiger partial charge < -0.3 is 4.74 Å². The highest BCUT2D eigenvalue weighted by molar-refractivity contribution is 6.34. The molecule has 4 rings (SSSR count). The molecule has 2 aliphatic rings. The number of nitro benzene ring substituents is 1. The van der Waals surface area contributed by atoms with Crippen molar-refractivity contribution in [2.24, 2.45) is 17.8 Å². The van der Waals surface area contributed by atoms with Gasteiger partial charge in [-0.15, -0.1) is 0 Å². The fourth-order valence-corrected chi connectivity index (χ4v) is 4.78. The van der Waals surface area contributed by atoms with Crippen LogP contribution in [-0.2, 0) is 4.74 Å². The SMILES string of the molecule is CC(C)[C@@H]1CC[C@H](C)C[C@H]1OC(=O)c1ccc2c(c1)C(=O)N(c1ccc([N+](=O)[O-])cc1)C2=O. The Kier molecular flexibility index (Phi) is 6.01. The van der Waals surface area contributed by atoms with Crippen LogP contribution < -0.4 is 4.90 Å². The van der Waals surface area contributed by atoms with Gasteiger partial charge in [-0.05, 0) is 60.9 Å². The molecule has 8 nitrogen and oxygen atoms in total. The van der Waals surface area contributed by atoms with E-state index in [4.69, 9.17) is 4.74 Å². The molecule has 0 radical (unpaired) electrons. The fraction of sp³-hybridized carbons (Fsp3) is 0.400. The predicted octanol–water partition coefficient (Wildman–Crippen LogP) is 5.01. The molecule has 3 atom stereocenters. The van der Waals surface area contributed by atoms with Crippen LogP contribution in [0.25, 0.3) is 0 Å². The number of hydrogen-bond donors (Lipinski definition) is 0. The van der Waals surface area contributed by atoms with Crippen LogP contribution in [0.2, 0.25) is 0 Å². The highest BCUT2D eigenvalue weighted by atomic mass is 16.6. The second-order valence-electron chi connectivity index (χ2n) is 9.25. The number of anilines is 1. The molecule has 2 aromatic carbocycles. The molecule has 1 fully saturated rings. The van der Waals surface area contributed by atoms with E-state index in [0.29, 0.717) is 17.8 Å². The fourth-order valence-electron chi connectivity index (χ4n) is 4.78. The van der Waals surface area contributed by atoms with Crippen molar-refractivity contribution < 1.29 is 24.0 Å². The summed E-state index contributed by atoms with van der Waals surface area (Å²) in [6.07, 6.45) is 2.76. The van der Waals surface area contributed by atoms with Gasteiger partial charge in [-0.1, -0.05) is 27.2 Å². The van der Waals surface area contributed by atoms with E-state index >= 15 is 0 Å². The van der Waals surface area contributed by atoms with E-state index in [2.05, 4.69) is 20.8 Å². The van der Waals surface area contributed by atoms with E-state index in [0.717, 1.165) is 24.2 Å². The van der Waals surface area contributed by atoms with Gasteiger partial charge in [-0.25, -0.2) is 9.69 Å². The van der Waals surface area contributed by atoms with E-state index < -0.39 is 22.7 Å². The van der Waals surface area contributed by atoms with Gasteiger partial charge in [0.2, 0.25) is 0 Å². The summed E-state index contributed by atoms with van der Waals surface area (Å²) in [6, 6.07) is 9.54. The van der Waals surface area contributed by atoms with Crippen molar-refractivity contribution in [1.29, 1.82) is 0 Å². The maximum absolute atomic E-state index is 13.0. The molecule has 1 aliphatic heterocycles. The molecule has 0 unspecified atom stereocenters. The van der Waals surface area contributed by atoms with Crippen molar-refractivity contribution in [2.75, 3.05) is 4.90 Å². The largest absolute Gasteiger partial charge is 0.458 e. The number of esters is 1. The van der Waals surface area contributed by atoms with Crippen LogP contribution in [0.3, 0.4) is 0 Å². The number of carbonyl (C=O) groups excluding carboxylic acids is 3.